The Morgan fingerprint density at radius 2 is 1.80 bits per heavy atom. The first-order valence-corrected chi connectivity index (χ1v) is 6.40. The molecule has 0 saturated heterocycles. The Balaban J connectivity index is 2.07. The lowest BCUT2D eigenvalue weighted by Crippen LogP contribution is -1.91. The van der Waals surface area contributed by atoms with Crippen LogP contribution in [0.3, 0.4) is 0 Å². The first kappa shape index (κ1) is 12.5. The van der Waals surface area contributed by atoms with Crippen LogP contribution in [-0.2, 0) is 6.42 Å². The molecule has 3 rings (SSSR count). The number of hydrogen-bond acceptors (Lipinski definition) is 3. The monoisotopic (exact) mass is 268 g/mol. The second kappa shape index (κ2) is 5.21. The van der Waals surface area contributed by atoms with Gasteiger partial charge in [0.1, 0.15) is 17.3 Å². The molecule has 0 radical (unpaired) electrons. The maximum atomic E-state index is 13.0. The van der Waals surface area contributed by atoms with Gasteiger partial charge in [0, 0.05) is 23.7 Å². The molecule has 1 N–H and O–H groups in total. The fourth-order valence-electron chi connectivity index (χ4n) is 2.02. The minimum atomic E-state index is -0.261. The fourth-order valence-corrected chi connectivity index (χ4v) is 2.02. The standard InChI is InChI=1S/C15H13FN4/c1-2-12-13(15-17-8-3-9-18-15)20-14(19-12)10-4-6-11(16)7-5-10/h3-9H,2H2,1H3,(H,19,20). The van der Waals surface area contributed by atoms with Gasteiger partial charge in [-0.05, 0) is 36.8 Å². The number of H-pyrrole nitrogens is 1. The van der Waals surface area contributed by atoms with E-state index in [1.54, 1.807) is 30.6 Å². The summed E-state index contributed by atoms with van der Waals surface area (Å²) in [6.45, 7) is 2.04. The van der Waals surface area contributed by atoms with E-state index in [1.165, 1.54) is 12.1 Å². The van der Waals surface area contributed by atoms with Crippen LogP contribution in [0.5, 0.6) is 0 Å². The van der Waals surface area contributed by atoms with Crippen molar-refractivity contribution in [2.24, 2.45) is 0 Å². The molecule has 1 aromatic carbocycles. The van der Waals surface area contributed by atoms with Crippen LogP contribution in [-0.4, -0.2) is 19.9 Å². The van der Waals surface area contributed by atoms with E-state index in [2.05, 4.69) is 19.9 Å². The SMILES string of the molecule is CCc1[nH]c(-c2ccc(F)cc2)nc1-c1ncccn1. The molecule has 2 aromatic heterocycles. The summed E-state index contributed by atoms with van der Waals surface area (Å²) in [5.41, 5.74) is 2.55. The number of imidazole rings is 1. The third kappa shape index (κ3) is 2.30. The van der Waals surface area contributed by atoms with Gasteiger partial charge in [0.05, 0.1) is 0 Å². The maximum Gasteiger partial charge on any atom is 0.179 e. The van der Waals surface area contributed by atoms with Gasteiger partial charge in [0.25, 0.3) is 0 Å². The summed E-state index contributed by atoms with van der Waals surface area (Å²) in [7, 11) is 0. The van der Waals surface area contributed by atoms with Crippen LogP contribution in [0.2, 0.25) is 0 Å². The van der Waals surface area contributed by atoms with E-state index in [9.17, 15) is 4.39 Å². The van der Waals surface area contributed by atoms with Gasteiger partial charge in [-0.2, -0.15) is 0 Å². The van der Waals surface area contributed by atoms with Gasteiger partial charge in [-0.3, -0.25) is 0 Å². The molecule has 0 unspecified atom stereocenters. The second-order valence-electron chi connectivity index (χ2n) is 4.35. The highest BCUT2D eigenvalue weighted by Gasteiger charge is 2.14. The molecule has 100 valence electrons. The van der Waals surface area contributed by atoms with E-state index in [0.717, 1.165) is 23.4 Å². The van der Waals surface area contributed by atoms with Gasteiger partial charge in [0.15, 0.2) is 5.82 Å². The average molecular weight is 268 g/mol. The number of halogens is 1. The largest absolute Gasteiger partial charge is 0.341 e. The van der Waals surface area contributed by atoms with Crippen molar-refractivity contribution in [2.75, 3.05) is 0 Å². The molecule has 0 spiro atoms. The molecule has 0 aliphatic carbocycles. The van der Waals surface area contributed by atoms with Crippen molar-refractivity contribution in [1.29, 1.82) is 0 Å². The van der Waals surface area contributed by atoms with Crippen LogP contribution in [0.15, 0.2) is 42.7 Å². The van der Waals surface area contributed by atoms with Crippen LogP contribution in [0.25, 0.3) is 22.9 Å². The van der Waals surface area contributed by atoms with Gasteiger partial charge in [-0.1, -0.05) is 6.92 Å². The first-order valence-electron chi connectivity index (χ1n) is 6.40. The number of hydrogen-bond donors (Lipinski definition) is 1. The van der Waals surface area contributed by atoms with Crippen molar-refractivity contribution in [1.82, 2.24) is 19.9 Å². The molecule has 0 aliphatic heterocycles. The molecule has 0 atom stereocenters. The molecule has 3 aromatic rings. The van der Waals surface area contributed by atoms with Crippen molar-refractivity contribution in [3.05, 3.63) is 54.2 Å². The Kier molecular flexibility index (Phi) is 3.25. The normalized spacial score (nSPS) is 10.7. The molecular weight excluding hydrogens is 255 g/mol. The lowest BCUT2D eigenvalue weighted by Gasteiger charge is -1.96. The Bertz CT molecular complexity index is 704. The Morgan fingerprint density at radius 1 is 1.10 bits per heavy atom. The maximum absolute atomic E-state index is 13.0. The van der Waals surface area contributed by atoms with E-state index >= 15 is 0 Å². The molecule has 0 bridgehead atoms. The number of benzene rings is 1. The number of rotatable bonds is 3. The number of aromatic nitrogens is 4. The second-order valence-corrected chi connectivity index (χ2v) is 4.35. The summed E-state index contributed by atoms with van der Waals surface area (Å²) in [6, 6.07) is 8.00. The summed E-state index contributed by atoms with van der Waals surface area (Å²) in [5.74, 6) is 1.03. The molecule has 4 nitrogen and oxygen atoms in total. The highest BCUT2D eigenvalue weighted by Crippen LogP contribution is 2.24. The zero-order valence-corrected chi connectivity index (χ0v) is 11.0. The zero-order valence-electron chi connectivity index (χ0n) is 11.0. The summed E-state index contributed by atoms with van der Waals surface area (Å²) >= 11 is 0. The summed E-state index contributed by atoms with van der Waals surface area (Å²) in [6.07, 6.45) is 4.17. The summed E-state index contributed by atoms with van der Waals surface area (Å²) < 4.78 is 13.0. The van der Waals surface area contributed by atoms with Crippen molar-refractivity contribution in [2.45, 2.75) is 13.3 Å². The third-order valence-electron chi connectivity index (χ3n) is 3.03. The van der Waals surface area contributed by atoms with Gasteiger partial charge in [-0.15, -0.1) is 0 Å². The van der Waals surface area contributed by atoms with Gasteiger partial charge in [-0.25, -0.2) is 19.3 Å². The van der Waals surface area contributed by atoms with Crippen molar-refractivity contribution >= 4 is 0 Å². The number of aromatic amines is 1. The van der Waals surface area contributed by atoms with E-state index in [0.29, 0.717) is 11.6 Å². The van der Waals surface area contributed by atoms with Crippen molar-refractivity contribution in [3.8, 4) is 22.9 Å². The van der Waals surface area contributed by atoms with Crippen molar-refractivity contribution < 1.29 is 4.39 Å². The first-order chi connectivity index (χ1) is 9.78. The molecular formula is C15H13FN4. The highest BCUT2D eigenvalue weighted by molar-refractivity contribution is 5.63. The quantitative estimate of drug-likeness (QED) is 0.793. The van der Waals surface area contributed by atoms with Gasteiger partial charge in [0.2, 0.25) is 0 Å². The Morgan fingerprint density at radius 3 is 2.45 bits per heavy atom. The van der Waals surface area contributed by atoms with E-state index in [1.807, 2.05) is 6.92 Å². The molecule has 5 heteroatoms. The lowest BCUT2D eigenvalue weighted by molar-refractivity contribution is 0.628. The number of nitrogens with zero attached hydrogens (tertiary/aromatic N) is 3. The van der Waals surface area contributed by atoms with E-state index < -0.39 is 0 Å². The van der Waals surface area contributed by atoms with E-state index in [-0.39, 0.29) is 5.82 Å². The Hall–Kier alpha value is -2.56. The van der Waals surface area contributed by atoms with Crippen LogP contribution >= 0.6 is 0 Å². The predicted octanol–water partition coefficient (Wildman–Crippen LogP) is 3.24. The summed E-state index contributed by atoms with van der Waals surface area (Å²) in [4.78, 5) is 16.3. The van der Waals surface area contributed by atoms with Crippen LogP contribution < -0.4 is 0 Å². The minimum absolute atomic E-state index is 0.261. The molecule has 0 amide bonds. The molecule has 0 aliphatic rings. The van der Waals surface area contributed by atoms with Crippen LogP contribution in [0.1, 0.15) is 12.6 Å². The highest BCUT2D eigenvalue weighted by atomic mass is 19.1. The Labute approximate surface area is 115 Å². The summed E-state index contributed by atoms with van der Waals surface area (Å²) in [5, 5.41) is 0. The molecule has 2 heterocycles. The third-order valence-corrected chi connectivity index (χ3v) is 3.03. The van der Waals surface area contributed by atoms with Gasteiger partial charge < -0.3 is 4.98 Å². The number of aryl methyl sites for hydroxylation is 1. The van der Waals surface area contributed by atoms with Crippen LogP contribution in [0.4, 0.5) is 4.39 Å². The zero-order chi connectivity index (χ0) is 13.9. The van der Waals surface area contributed by atoms with Crippen molar-refractivity contribution in [3.63, 3.8) is 0 Å². The topological polar surface area (TPSA) is 54.5 Å². The lowest BCUT2D eigenvalue weighted by atomic mass is 10.2. The minimum Gasteiger partial charge on any atom is -0.341 e. The average Bonchev–Trinajstić information content (AvgIpc) is 2.93. The molecule has 0 saturated carbocycles. The molecule has 20 heavy (non-hydrogen) atoms. The number of nitrogens with one attached hydrogen (secondary N) is 1. The smallest absolute Gasteiger partial charge is 0.179 e. The molecule has 0 fully saturated rings. The van der Waals surface area contributed by atoms with Gasteiger partial charge >= 0.3 is 0 Å². The fraction of sp³-hybridized carbons (Fsp3) is 0.133. The van der Waals surface area contributed by atoms with E-state index in [4.69, 9.17) is 0 Å². The predicted molar refractivity (Wildman–Crippen MR) is 74.4 cm³/mol. The van der Waals surface area contributed by atoms with Crippen LogP contribution in [0, 0.1) is 5.82 Å².